The summed E-state index contributed by atoms with van der Waals surface area (Å²) in [5, 5.41) is 3.28. The van der Waals surface area contributed by atoms with Crippen molar-refractivity contribution in [2.75, 3.05) is 19.6 Å². The molecule has 1 atom stereocenters. The predicted octanol–water partition coefficient (Wildman–Crippen LogP) is 0.581. The Morgan fingerprint density at radius 2 is 2.22 bits per heavy atom. The van der Waals surface area contributed by atoms with Gasteiger partial charge in [0.15, 0.2) is 0 Å². The SMILES string of the molecule is CCNCC(C)CCN. The molecule has 0 amide bonds. The van der Waals surface area contributed by atoms with Crippen LogP contribution in [-0.2, 0) is 0 Å². The molecule has 0 aliphatic carbocycles. The largest absolute Gasteiger partial charge is 0.330 e. The number of hydrogen-bond donors (Lipinski definition) is 2. The maximum absolute atomic E-state index is 5.37. The third-order valence-corrected chi connectivity index (χ3v) is 1.40. The van der Waals surface area contributed by atoms with Crippen LogP contribution in [0.2, 0.25) is 0 Å². The van der Waals surface area contributed by atoms with Crippen molar-refractivity contribution in [2.24, 2.45) is 11.7 Å². The van der Waals surface area contributed by atoms with E-state index in [4.69, 9.17) is 5.73 Å². The van der Waals surface area contributed by atoms with Gasteiger partial charge in [-0.2, -0.15) is 0 Å². The van der Waals surface area contributed by atoms with Gasteiger partial charge in [-0.25, -0.2) is 0 Å². The summed E-state index contributed by atoms with van der Waals surface area (Å²) >= 11 is 0. The summed E-state index contributed by atoms with van der Waals surface area (Å²) in [5.41, 5.74) is 5.37. The van der Waals surface area contributed by atoms with Crippen molar-refractivity contribution in [3.05, 3.63) is 0 Å². The highest BCUT2D eigenvalue weighted by atomic mass is 14.8. The number of hydrogen-bond acceptors (Lipinski definition) is 2. The molecule has 2 nitrogen and oxygen atoms in total. The Morgan fingerprint density at radius 3 is 2.67 bits per heavy atom. The van der Waals surface area contributed by atoms with Crippen LogP contribution in [0.4, 0.5) is 0 Å². The Bertz CT molecular complexity index is 54.9. The Balaban J connectivity index is 2.95. The molecule has 1 unspecified atom stereocenters. The van der Waals surface area contributed by atoms with Crippen LogP contribution in [-0.4, -0.2) is 19.6 Å². The molecule has 0 aromatic carbocycles. The predicted molar refractivity (Wildman–Crippen MR) is 41.4 cm³/mol. The highest BCUT2D eigenvalue weighted by Gasteiger charge is 1.96. The minimum absolute atomic E-state index is 0.731. The molecule has 0 saturated heterocycles. The van der Waals surface area contributed by atoms with E-state index >= 15 is 0 Å². The molecule has 9 heavy (non-hydrogen) atoms. The first kappa shape index (κ1) is 8.92. The van der Waals surface area contributed by atoms with E-state index in [9.17, 15) is 0 Å². The molecule has 0 aromatic rings. The Morgan fingerprint density at radius 1 is 1.56 bits per heavy atom. The first-order chi connectivity index (χ1) is 4.31. The molecule has 0 aliphatic heterocycles. The minimum Gasteiger partial charge on any atom is -0.330 e. The van der Waals surface area contributed by atoms with Crippen molar-refractivity contribution < 1.29 is 0 Å². The van der Waals surface area contributed by atoms with Gasteiger partial charge >= 0.3 is 0 Å². The number of nitrogens with two attached hydrogens (primary N) is 1. The van der Waals surface area contributed by atoms with E-state index in [0.717, 1.165) is 32.0 Å². The molecule has 3 N–H and O–H groups in total. The van der Waals surface area contributed by atoms with Crippen molar-refractivity contribution in [2.45, 2.75) is 20.3 Å². The van der Waals surface area contributed by atoms with Crippen LogP contribution in [0.1, 0.15) is 20.3 Å². The van der Waals surface area contributed by atoms with E-state index < -0.39 is 0 Å². The van der Waals surface area contributed by atoms with E-state index in [1.165, 1.54) is 0 Å². The molecule has 0 aliphatic rings. The molecule has 0 rings (SSSR count). The van der Waals surface area contributed by atoms with Crippen LogP contribution in [0.25, 0.3) is 0 Å². The summed E-state index contributed by atoms with van der Waals surface area (Å²) in [7, 11) is 0. The standard InChI is InChI=1S/C7H18N2/c1-3-9-6-7(2)4-5-8/h7,9H,3-6,8H2,1-2H3. The van der Waals surface area contributed by atoms with Gasteiger partial charge in [0.25, 0.3) is 0 Å². The quantitative estimate of drug-likeness (QED) is 0.571. The van der Waals surface area contributed by atoms with Crippen molar-refractivity contribution in [3.63, 3.8) is 0 Å². The molecule has 0 heterocycles. The summed E-state index contributed by atoms with van der Waals surface area (Å²) in [6.45, 7) is 7.32. The summed E-state index contributed by atoms with van der Waals surface area (Å²) in [4.78, 5) is 0. The van der Waals surface area contributed by atoms with Crippen molar-refractivity contribution in [3.8, 4) is 0 Å². The molecule has 0 fully saturated rings. The summed E-state index contributed by atoms with van der Waals surface area (Å²) in [5.74, 6) is 0.731. The fraction of sp³-hybridized carbons (Fsp3) is 1.00. The van der Waals surface area contributed by atoms with Gasteiger partial charge in [0.1, 0.15) is 0 Å². The zero-order valence-corrected chi connectivity index (χ0v) is 6.48. The average molecular weight is 130 g/mol. The monoisotopic (exact) mass is 130 g/mol. The van der Waals surface area contributed by atoms with Crippen molar-refractivity contribution >= 4 is 0 Å². The normalized spacial score (nSPS) is 13.7. The van der Waals surface area contributed by atoms with Gasteiger partial charge in [-0.1, -0.05) is 13.8 Å². The molecular formula is C7H18N2. The molecule has 0 radical (unpaired) electrons. The fourth-order valence-corrected chi connectivity index (χ4v) is 0.777. The van der Waals surface area contributed by atoms with E-state index in [2.05, 4.69) is 19.2 Å². The lowest BCUT2D eigenvalue weighted by molar-refractivity contribution is 0.495. The Kier molecular flexibility index (Phi) is 5.99. The van der Waals surface area contributed by atoms with Crippen LogP contribution in [0.3, 0.4) is 0 Å². The van der Waals surface area contributed by atoms with Gasteiger partial charge < -0.3 is 11.1 Å². The number of nitrogens with one attached hydrogen (secondary N) is 1. The van der Waals surface area contributed by atoms with Crippen LogP contribution < -0.4 is 11.1 Å². The van der Waals surface area contributed by atoms with E-state index in [1.807, 2.05) is 0 Å². The second-order valence-corrected chi connectivity index (χ2v) is 2.49. The molecule has 0 saturated carbocycles. The topological polar surface area (TPSA) is 38.0 Å². The van der Waals surface area contributed by atoms with Crippen LogP contribution >= 0.6 is 0 Å². The molecule has 0 spiro atoms. The second-order valence-electron chi connectivity index (χ2n) is 2.49. The Labute approximate surface area is 57.8 Å². The van der Waals surface area contributed by atoms with Crippen LogP contribution in [0.5, 0.6) is 0 Å². The molecule has 0 aromatic heterocycles. The van der Waals surface area contributed by atoms with Gasteiger partial charge in [-0.15, -0.1) is 0 Å². The summed E-state index contributed by atoms with van der Waals surface area (Å²) < 4.78 is 0. The lowest BCUT2D eigenvalue weighted by Gasteiger charge is -2.08. The molecule has 2 heteroatoms. The minimum atomic E-state index is 0.731. The van der Waals surface area contributed by atoms with Gasteiger partial charge in [0, 0.05) is 0 Å². The van der Waals surface area contributed by atoms with Crippen molar-refractivity contribution in [1.82, 2.24) is 5.32 Å². The molecule has 56 valence electrons. The van der Waals surface area contributed by atoms with E-state index in [1.54, 1.807) is 0 Å². The zero-order valence-electron chi connectivity index (χ0n) is 6.48. The third kappa shape index (κ3) is 5.80. The summed E-state index contributed by atoms with van der Waals surface area (Å²) in [6.07, 6.45) is 1.13. The maximum Gasteiger partial charge on any atom is -0.00228 e. The first-order valence-electron chi connectivity index (χ1n) is 3.72. The smallest absolute Gasteiger partial charge is 0.00228 e. The lowest BCUT2D eigenvalue weighted by Crippen LogP contribution is -2.22. The summed E-state index contributed by atoms with van der Waals surface area (Å²) in [6, 6.07) is 0. The Hall–Kier alpha value is -0.0800. The average Bonchev–Trinajstić information content (AvgIpc) is 1.85. The van der Waals surface area contributed by atoms with Gasteiger partial charge in [0.2, 0.25) is 0 Å². The maximum atomic E-state index is 5.37. The molecular weight excluding hydrogens is 112 g/mol. The van der Waals surface area contributed by atoms with Crippen LogP contribution in [0.15, 0.2) is 0 Å². The van der Waals surface area contributed by atoms with Gasteiger partial charge in [-0.3, -0.25) is 0 Å². The first-order valence-corrected chi connectivity index (χ1v) is 3.72. The fourth-order valence-electron chi connectivity index (χ4n) is 0.777. The highest BCUT2D eigenvalue weighted by Crippen LogP contribution is 1.95. The zero-order chi connectivity index (χ0) is 7.11. The van der Waals surface area contributed by atoms with E-state index in [-0.39, 0.29) is 0 Å². The van der Waals surface area contributed by atoms with Gasteiger partial charge in [0.05, 0.1) is 0 Å². The van der Waals surface area contributed by atoms with Crippen LogP contribution in [0, 0.1) is 5.92 Å². The lowest BCUT2D eigenvalue weighted by atomic mass is 10.1. The number of rotatable bonds is 5. The second kappa shape index (κ2) is 6.05. The third-order valence-electron chi connectivity index (χ3n) is 1.40. The van der Waals surface area contributed by atoms with E-state index in [0.29, 0.717) is 0 Å². The molecule has 0 bridgehead atoms. The van der Waals surface area contributed by atoms with Gasteiger partial charge in [-0.05, 0) is 32.0 Å². The highest BCUT2D eigenvalue weighted by molar-refractivity contribution is 4.55. The van der Waals surface area contributed by atoms with Crippen molar-refractivity contribution in [1.29, 1.82) is 0 Å².